The van der Waals surface area contributed by atoms with Crippen LogP contribution in [0.25, 0.3) is 0 Å². The third-order valence-electron chi connectivity index (χ3n) is 10.6. The zero-order chi connectivity index (χ0) is 53.3. The van der Waals surface area contributed by atoms with Gasteiger partial charge in [-0.15, -0.1) is 0 Å². The molecule has 0 bridgehead atoms. The minimum Gasteiger partial charge on any atom is -0.468 e. The first kappa shape index (κ1) is 57.1. The highest BCUT2D eigenvalue weighted by Crippen LogP contribution is 2.50. The van der Waals surface area contributed by atoms with E-state index in [9.17, 15) is 60.9 Å². The van der Waals surface area contributed by atoms with Crippen LogP contribution in [-0.2, 0) is 46.7 Å². The Balaban J connectivity index is 0.000000267. The van der Waals surface area contributed by atoms with Gasteiger partial charge in [0.25, 0.3) is 5.56 Å². The number of aromatic nitrogens is 4. The van der Waals surface area contributed by atoms with Crippen molar-refractivity contribution in [3.8, 4) is 11.5 Å². The number of esters is 2. The van der Waals surface area contributed by atoms with Crippen LogP contribution in [0.1, 0.15) is 40.2 Å². The second-order valence-electron chi connectivity index (χ2n) is 16.5. The molecule has 0 spiro atoms. The molecule has 2 aromatic heterocycles. The van der Waals surface area contributed by atoms with Gasteiger partial charge < -0.3 is 43.9 Å². The Morgan fingerprint density at radius 1 is 0.722 bits per heavy atom. The molecular formula is C42H53F4N7O17P2. The molecule has 4 heterocycles. The molecule has 2 saturated heterocycles. The average Bonchev–Trinajstić information content (AvgIpc) is 3.69. The van der Waals surface area contributed by atoms with Crippen molar-refractivity contribution < 1.29 is 83.5 Å². The standard InChI is InChI=1S/C21H27F2N4O8P.C21H26F2N3O9P/c1-12(2)16(18(29)32-3)26-36(31,35-13-7-5-4-6-8-13)33-11-14-17(28)21(22,23)19(34-14)27-10-9-15(24)25-20(27)30;1-12(2)16(18(29)32-3)25-36(31,35-13-7-5-4-6-8-13)33-11-14-17(28)21(22,23)19(34-14)26-10-9-15(27)24-20(26)30/h4-10,12,14,16-17,19,28H,11H2,1-3H3,(H,26,31)(H2,24,25,30);4-10,12,14,16-17,19,28H,11H2,1-3H3,(H,25,31)(H,24,27,30)/t2*14-,16+,17-,19-,36?/m11/s1. The number of anilines is 1. The number of para-hydroxylation sites is 2. The van der Waals surface area contributed by atoms with Crippen LogP contribution < -0.4 is 41.9 Å². The number of halogens is 4. The number of hydrogen-bond acceptors (Lipinski definition) is 19. The van der Waals surface area contributed by atoms with Crippen molar-refractivity contribution in [2.75, 3.05) is 33.2 Å². The van der Waals surface area contributed by atoms with Crippen LogP contribution in [0.2, 0.25) is 0 Å². The highest BCUT2D eigenvalue weighted by atomic mass is 31.2. The van der Waals surface area contributed by atoms with Crippen LogP contribution in [0.5, 0.6) is 11.5 Å². The lowest BCUT2D eigenvalue weighted by atomic mass is 10.1. The Morgan fingerprint density at radius 2 is 1.12 bits per heavy atom. The highest BCUT2D eigenvalue weighted by Gasteiger charge is 2.61. The van der Waals surface area contributed by atoms with E-state index in [4.69, 9.17) is 42.8 Å². The third kappa shape index (κ3) is 13.8. The summed E-state index contributed by atoms with van der Waals surface area (Å²) in [6.07, 6.45) is -11.2. The van der Waals surface area contributed by atoms with Crippen molar-refractivity contribution >= 4 is 33.2 Å². The number of carbonyl (C=O) groups excluding carboxylic acids is 2. The first-order chi connectivity index (χ1) is 33.7. The molecule has 30 heteroatoms. The van der Waals surface area contributed by atoms with Crippen molar-refractivity contribution in [1.82, 2.24) is 29.3 Å². The molecule has 0 saturated carbocycles. The molecule has 7 N–H and O–H groups in total. The third-order valence-corrected chi connectivity index (χ3v) is 13.6. The van der Waals surface area contributed by atoms with Gasteiger partial charge in [-0.05, 0) is 42.2 Å². The number of nitrogen functional groups attached to an aromatic ring is 1. The number of nitrogens with zero attached hydrogens (tertiary/aromatic N) is 3. The van der Waals surface area contributed by atoms with Crippen LogP contribution in [0.15, 0.2) is 99.6 Å². The normalized spacial score (nSPS) is 23.7. The van der Waals surface area contributed by atoms with Gasteiger partial charge in [0.05, 0.1) is 27.4 Å². The van der Waals surface area contributed by atoms with Crippen molar-refractivity contribution in [2.45, 2.75) is 88.5 Å². The van der Waals surface area contributed by atoms with Crippen molar-refractivity contribution in [3.63, 3.8) is 0 Å². The van der Waals surface area contributed by atoms with E-state index in [1.165, 1.54) is 24.3 Å². The van der Waals surface area contributed by atoms with Gasteiger partial charge in [0.15, 0.2) is 12.2 Å². The molecule has 10 atom stereocenters. The topological polar surface area (TPSA) is 322 Å². The number of carbonyl (C=O) groups is 2. The number of aliphatic hydroxyl groups excluding tert-OH is 2. The molecule has 2 aromatic carbocycles. The molecule has 0 amide bonds. The van der Waals surface area contributed by atoms with Gasteiger partial charge in [-0.1, -0.05) is 64.1 Å². The van der Waals surface area contributed by atoms with E-state index in [-0.39, 0.29) is 17.3 Å². The van der Waals surface area contributed by atoms with Gasteiger partial charge in [-0.3, -0.25) is 37.5 Å². The van der Waals surface area contributed by atoms with Gasteiger partial charge in [0.1, 0.15) is 41.6 Å². The first-order valence-corrected chi connectivity index (χ1v) is 24.6. The van der Waals surface area contributed by atoms with Crippen LogP contribution in [0.3, 0.4) is 0 Å². The number of hydrogen-bond donors (Lipinski definition) is 6. The lowest BCUT2D eigenvalue weighted by molar-refractivity contribution is -0.144. The highest BCUT2D eigenvalue weighted by molar-refractivity contribution is 7.52. The van der Waals surface area contributed by atoms with E-state index in [1.54, 1.807) is 64.1 Å². The van der Waals surface area contributed by atoms with Gasteiger partial charge in [-0.2, -0.15) is 32.7 Å². The number of nitrogens with one attached hydrogen (secondary N) is 3. The van der Waals surface area contributed by atoms with Gasteiger partial charge in [0.2, 0.25) is 12.5 Å². The number of alkyl halides is 4. The number of rotatable bonds is 20. The Morgan fingerprint density at radius 3 is 1.50 bits per heavy atom. The minimum atomic E-state index is -4.45. The summed E-state index contributed by atoms with van der Waals surface area (Å²) >= 11 is 0. The van der Waals surface area contributed by atoms with E-state index >= 15 is 0 Å². The van der Waals surface area contributed by atoms with E-state index in [1.807, 2.05) is 4.98 Å². The molecular weight excluding hydrogens is 1010 g/mol. The minimum absolute atomic E-state index is 0.0802. The van der Waals surface area contributed by atoms with Crippen molar-refractivity contribution in [3.05, 3.63) is 117 Å². The van der Waals surface area contributed by atoms with Crippen LogP contribution in [0, 0.1) is 11.8 Å². The molecule has 72 heavy (non-hydrogen) atoms. The molecule has 396 valence electrons. The summed E-state index contributed by atoms with van der Waals surface area (Å²) in [6.45, 7) is 4.84. The fourth-order valence-electron chi connectivity index (χ4n) is 6.73. The Hall–Kier alpha value is -5.80. The summed E-state index contributed by atoms with van der Waals surface area (Å²) in [5, 5.41) is 25.4. The second-order valence-corrected chi connectivity index (χ2v) is 19.9. The zero-order valence-corrected chi connectivity index (χ0v) is 40.9. The molecule has 0 aliphatic carbocycles. The van der Waals surface area contributed by atoms with Crippen LogP contribution in [0.4, 0.5) is 23.4 Å². The fraction of sp³-hybridized carbons (Fsp3) is 0.476. The number of ether oxygens (including phenoxy) is 4. The SMILES string of the molecule is COC(=O)[C@@H](NP(=O)(OC[C@H]1O[C@@H](n2ccc(=O)[nH]c2=O)C(F)(F)[C@@H]1O)Oc1ccccc1)C(C)C.COC(=O)[C@@H](NP(=O)(OC[C@H]1O[C@@H](n2ccc(N)nc2=O)C(F)(F)[C@@H]1O)Oc1ccccc1)C(C)C. The maximum absolute atomic E-state index is 14.8. The molecule has 0 radical (unpaired) electrons. The monoisotopic (exact) mass is 1070 g/mol. The van der Waals surface area contributed by atoms with Crippen molar-refractivity contribution in [2.24, 2.45) is 11.8 Å². The fourth-order valence-corrected chi connectivity index (χ4v) is 10.1. The quantitative estimate of drug-likeness (QED) is 0.0421. The Kier molecular flexibility index (Phi) is 18.9. The lowest BCUT2D eigenvalue weighted by Gasteiger charge is -2.27. The smallest absolute Gasteiger partial charge is 0.459 e. The van der Waals surface area contributed by atoms with Gasteiger partial charge in [-0.25, -0.2) is 18.7 Å². The Labute approximate surface area is 406 Å². The lowest BCUT2D eigenvalue weighted by Crippen LogP contribution is -2.43. The van der Waals surface area contributed by atoms with E-state index in [2.05, 4.69) is 15.2 Å². The van der Waals surface area contributed by atoms with E-state index in [0.29, 0.717) is 9.13 Å². The summed E-state index contributed by atoms with van der Waals surface area (Å²) in [5.41, 5.74) is 2.28. The summed E-state index contributed by atoms with van der Waals surface area (Å²) in [7, 11) is -6.61. The number of aliphatic hydroxyl groups is 2. The number of aromatic amines is 1. The summed E-state index contributed by atoms with van der Waals surface area (Å²) < 4.78 is 129. The van der Waals surface area contributed by atoms with Gasteiger partial charge >= 0.3 is 50.7 Å². The molecule has 2 fully saturated rings. The van der Waals surface area contributed by atoms with Crippen LogP contribution in [-0.4, -0.2) is 117 Å². The Bertz CT molecular complexity index is 2760. The zero-order valence-electron chi connectivity index (χ0n) is 39.1. The largest absolute Gasteiger partial charge is 0.468 e. The molecule has 4 aromatic rings. The van der Waals surface area contributed by atoms with E-state index in [0.717, 1.165) is 38.7 Å². The predicted molar refractivity (Wildman–Crippen MR) is 243 cm³/mol. The maximum Gasteiger partial charge on any atom is 0.459 e. The summed E-state index contributed by atoms with van der Waals surface area (Å²) in [5.74, 6) is -10.3. The molecule has 2 unspecified atom stereocenters. The number of benzene rings is 2. The second kappa shape index (κ2) is 23.8. The molecule has 6 rings (SSSR count). The number of methoxy groups -OCH3 is 2. The van der Waals surface area contributed by atoms with Crippen molar-refractivity contribution in [1.29, 1.82) is 0 Å². The predicted octanol–water partition coefficient (Wildman–Crippen LogP) is 3.13. The number of nitrogens with two attached hydrogens (primary N) is 1. The average molecular weight is 1070 g/mol. The van der Waals surface area contributed by atoms with Gasteiger partial charge in [0, 0.05) is 18.5 Å². The summed E-state index contributed by atoms with van der Waals surface area (Å²) in [6, 6.07) is 15.2. The van der Waals surface area contributed by atoms with E-state index < -0.39 is 130 Å². The molecule has 24 nitrogen and oxygen atoms in total. The molecule has 2 aliphatic rings. The first-order valence-electron chi connectivity index (χ1n) is 21.5. The number of H-pyrrole nitrogens is 1. The van der Waals surface area contributed by atoms with Crippen LogP contribution >= 0.6 is 15.5 Å². The maximum atomic E-state index is 14.8. The summed E-state index contributed by atoms with van der Waals surface area (Å²) in [4.78, 5) is 64.9. The molecule has 2 aliphatic heterocycles.